The summed E-state index contributed by atoms with van der Waals surface area (Å²) in [6.07, 6.45) is 5.14. The molecule has 3 fully saturated rings. The van der Waals surface area contributed by atoms with Crippen LogP contribution in [0.3, 0.4) is 0 Å². The SMILES string of the molecule is C=C[C@@H]1C[C@@]1(NC(=O)[C@@H]1C[C@@H]2CN1C(=O)[C@H](C(C)C)NC(=O)OC(C)(C)C/C=C\c1ccc3nc(-c4ccccc4)c(nc3c1)O2)C(=O)NS(=O)(=O)C1CC1. The molecule has 7 rings (SSSR count). The Labute approximate surface area is 320 Å². The number of sulfonamides is 1. The second-order valence-electron chi connectivity index (χ2n) is 15.8. The van der Waals surface area contributed by atoms with E-state index in [9.17, 15) is 27.6 Å². The van der Waals surface area contributed by atoms with Gasteiger partial charge in [-0.1, -0.05) is 68.5 Å². The molecule has 2 saturated carbocycles. The van der Waals surface area contributed by atoms with Gasteiger partial charge in [0, 0.05) is 24.3 Å². The van der Waals surface area contributed by atoms with Gasteiger partial charge in [0.2, 0.25) is 27.7 Å². The molecule has 290 valence electrons. The van der Waals surface area contributed by atoms with Gasteiger partial charge in [0.25, 0.3) is 5.91 Å². The largest absolute Gasteiger partial charge is 0.471 e. The van der Waals surface area contributed by atoms with E-state index in [-0.39, 0.29) is 25.3 Å². The van der Waals surface area contributed by atoms with Crippen molar-refractivity contribution in [1.29, 1.82) is 0 Å². The highest BCUT2D eigenvalue weighted by molar-refractivity contribution is 7.91. The van der Waals surface area contributed by atoms with E-state index in [0.29, 0.717) is 36.0 Å². The molecule has 4 aliphatic rings. The first-order chi connectivity index (χ1) is 26.1. The fraction of sp³-hybridized carbons (Fsp3) is 0.450. The van der Waals surface area contributed by atoms with Gasteiger partial charge in [-0.15, -0.1) is 6.58 Å². The Hall–Kier alpha value is -5.31. The molecule has 5 bridgehead atoms. The van der Waals surface area contributed by atoms with Gasteiger partial charge in [-0.25, -0.2) is 23.2 Å². The van der Waals surface area contributed by atoms with Crippen molar-refractivity contribution in [2.45, 2.75) is 94.4 Å². The fourth-order valence-electron chi connectivity index (χ4n) is 7.20. The number of carbonyl (C=O) groups is 4. The number of carbonyl (C=O) groups excluding carboxylic acids is 4. The average Bonchev–Trinajstić information content (AvgIpc) is 4.06. The van der Waals surface area contributed by atoms with Crippen molar-refractivity contribution >= 4 is 50.9 Å². The number of fused-ring (bicyclic) bond motifs is 4. The lowest BCUT2D eigenvalue weighted by atomic mass is 10.0. The maximum absolute atomic E-state index is 14.5. The monoisotopic (exact) mass is 770 g/mol. The molecular formula is C40H46N6O8S. The molecule has 5 atom stereocenters. The van der Waals surface area contributed by atoms with Crippen LogP contribution in [0.15, 0.2) is 67.3 Å². The minimum atomic E-state index is -3.91. The van der Waals surface area contributed by atoms with Gasteiger partial charge < -0.3 is 25.0 Å². The zero-order chi connectivity index (χ0) is 39.3. The van der Waals surface area contributed by atoms with E-state index >= 15 is 0 Å². The molecule has 1 saturated heterocycles. The van der Waals surface area contributed by atoms with Crippen LogP contribution in [0.25, 0.3) is 28.4 Å². The minimum Gasteiger partial charge on any atom is -0.471 e. The number of nitrogens with one attached hydrogen (secondary N) is 3. The molecule has 0 unspecified atom stereocenters. The zero-order valence-corrected chi connectivity index (χ0v) is 32.1. The van der Waals surface area contributed by atoms with Crippen LogP contribution >= 0.6 is 0 Å². The summed E-state index contributed by atoms with van der Waals surface area (Å²) in [6, 6.07) is 12.8. The molecule has 14 nitrogen and oxygen atoms in total. The molecule has 3 aromatic rings. The van der Waals surface area contributed by atoms with Crippen LogP contribution in [0.4, 0.5) is 4.79 Å². The van der Waals surface area contributed by atoms with Crippen LogP contribution < -0.4 is 20.1 Å². The van der Waals surface area contributed by atoms with Gasteiger partial charge in [0.05, 0.1) is 22.8 Å². The summed E-state index contributed by atoms with van der Waals surface area (Å²) >= 11 is 0. The number of hydrogen-bond donors (Lipinski definition) is 3. The second-order valence-corrected chi connectivity index (χ2v) is 17.7. The smallest absolute Gasteiger partial charge is 0.408 e. The lowest BCUT2D eigenvalue weighted by Crippen LogP contribution is -2.59. The number of rotatable bonds is 8. The molecule has 0 radical (unpaired) electrons. The van der Waals surface area contributed by atoms with Crippen molar-refractivity contribution in [2.24, 2.45) is 11.8 Å². The third kappa shape index (κ3) is 7.93. The van der Waals surface area contributed by atoms with Crippen molar-refractivity contribution < 1.29 is 37.1 Å². The Morgan fingerprint density at radius 2 is 1.82 bits per heavy atom. The van der Waals surface area contributed by atoms with Crippen LogP contribution in [0.5, 0.6) is 5.88 Å². The van der Waals surface area contributed by atoms with Crippen molar-refractivity contribution in [1.82, 2.24) is 30.2 Å². The highest BCUT2D eigenvalue weighted by Gasteiger charge is 2.62. The van der Waals surface area contributed by atoms with Gasteiger partial charge in [-0.3, -0.25) is 19.1 Å². The third-order valence-electron chi connectivity index (χ3n) is 10.6. The standard InChI is InChI=1S/C40H46N6O8S/c1-6-26-21-40(26,37(49)45-55(51,52)28-15-16-28)44-34(47)31-20-27-22-46(31)36(48)32(23(2)3)43-38(50)54-39(4,5)18-10-11-24-14-17-29-30(19-24)42-35(53-27)33(41-29)25-12-8-7-9-13-25/h6-14,17,19,23,26-28,31-32H,1,15-16,18,20-22H2,2-5H3,(H,43,50)(H,44,47)(H,45,49)/b11-10-/t26-,27-,31+,32+,40+/m1/s1. The Bertz CT molecular complexity index is 2190. The van der Waals surface area contributed by atoms with E-state index in [4.69, 9.17) is 19.4 Å². The van der Waals surface area contributed by atoms with Gasteiger partial charge >= 0.3 is 6.09 Å². The van der Waals surface area contributed by atoms with E-state index < -0.39 is 80.3 Å². The molecule has 2 aliphatic heterocycles. The third-order valence-corrected chi connectivity index (χ3v) is 12.4. The van der Waals surface area contributed by atoms with E-state index in [2.05, 4.69) is 21.9 Å². The number of cyclic esters (lactones) is 1. The summed E-state index contributed by atoms with van der Waals surface area (Å²) < 4.78 is 40.0. The van der Waals surface area contributed by atoms with Crippen LogP contribution in [0, 0.1) is 11.8 Å². The van der Waals surface area contributed by atoms with Gasteiger partial charge in [-0.05, 0) is 56.7 Å². The highest BCUT2D eigenvalue weighted by atomic mass is 32.2. The van der Waals surface area contributed by atoms with Crippen molar-refractivity contribution in [2.75, 3.05) is 6.54 Å². The first kappa shape index (κ1) is 38.0. The minimum absolute atomic E-state index is 0.00653. The molecule has 2 aliphatic carbocycles. The molecule has 2 aromatic carbocycles. The summed E-state index contributed by atoms with van der Waals surface area (Å²) in [5.41, 5.74) is 0.758. The number of alkyl carbamates (subject to hydrolysis) is 1. The quantitative estimate of drug-likeness (QED) is 0.280. The van der Waals surface area contributed by atoms with E-state index in [1.54, 1.807) is 27.7 Å². The number of amides is 4. The van der Waals surface area contributed by atoms with Gasteiger partial charge in [-0.2, -0.15) is 0 Å². The lowest BCUT2D eigenvalue weighted by molar-refractivity contribution is -0.141. The van der Waals surface area contributed by atoms with Crippen molar-refractivity contribution in [3.05, 3.63) is 72.8 Å². The van der Waals surface area contributed by atoms with Crippen molar-refractivity contribution in [3.8, 4) is 17.1 Å². The van der Waals surface area contributed by atoms with Gasteiger partial charge in [0.1, 0.15) is 35.0 Å². The summed E-state index contributed by atoms with van der Waals surface area (Å²) in [7, 11) is -3.91. The number of hydrogen-bond acceptors (Lipinski definition) is 10. The van der Waals surface area contributed by atoms with E-state index in [1.165, 1.54) is 11.0 Å². The molecule has 3 heterocycles. The average molecular weight is 771 g/mol. The molecule has 55 heavy (non-hydrogen) atoms. The zero-order valence-electron chi connectivity index (χ0n) is 31.3. The number of nitrogens with zero attached hydrogens (tertiary/aromatic N) is 3. The number of aromatic nitrogens is 2. The lowest BCUT2D eigenvalue weighted by Gasteiger charge is -2.32. The molecule has 3 N–H and O–H groups in total. The van der Waals surface area contributed by atoms with E-state index in [1.807, 2.05) is 60.7 Å². The maximum atomic E-state index is 14.5. The Balaban J connectivity index is 1.27. The molecule has 0 spiro atoms. The highest BCUT2D eigenvalue weighted by Crippen LogP contribution is 2.45. The fourth-order valence-corrected chi connectivity index (χ4v) is 8.56. The van der Waals surface area contributed by atoms with E-state index in [0.717, 1.165) is 11.1 Å². The van der Waals surface area contributed by atoms with Gasteiger partial charge in [0.15, 0.2) is 0 Å². The maximum Gasteiger partial charge on any atom is 0.408 e. The summed E-state index contributed by atoms with van der Waals surface area (Å²) in [5, 5.41) is 4.88. The molecular weight excluding hydrogens is 725 g/mol. The Morgan fingerprint density at radius 3 is 2.49 bits per heavy atom. The summed E-state index contributed by atoms with van der Waals surface area (Å²) in [4.78, 5) is 66.9. The normalized spacial score (nSPS) is 27.0. The van der Waals surface area contributed by atoms with Crippen molar-refractivity contribution in [3.63, 3.8) is 0 Å². The summed E-state index contributed by atoms with van der Waals surface area (Å²) in [5.74, 6) is -2.83. The Kier molecular flexibility index (Phi) is 9.95. The number of ether oxygens (including phenoxy) is 2. The Morgan fingerprint density at radius 1 is 1.07 bits per heavy atom. The predicted octanol–water partition coefficient (Wildman–Crippen LogP) is 4.26. The first-order valence-electron chi connectivity index (χ1n) is 18.6. The topological polar surface area (TPSA) is 186 Å². The van der Waals surface area contributed by atoms with Crippen LogP contribution in [0.2, 0.25) is 0 Å². The molecule has 1 aromatic heterocycles. The number of benzene rings is 2. The summed E-state index contributed by atoms with van der Waals surface area (Å²) in [6.45, 7) is 10.8. The van der Waals surface area contributed by atoms with Crippen LogP contribution in [-0.2, 0) is 29.1 Å². The second kappa shape index (κ2) is 14.4. The van der Waals surface area contributed by atoms with Crippen LogP contribution in [-0.4, -0.2) is 88.2 Å². The first-order valence-corrected chi connectivity index (χ1v) is 20.1. The predicted molar refractivity (Wildman–Crippen MR) is 205 cm³/mol. The molecule has 15 heteroatoms. The molecule has 4 amide bonds. The van der Waals surface area contributed by atoms with Crippen LogP contribution in [0.1, 0.15) is 65.4 Å².